The second-order valence-electron chi connectivity index (χ2n) is 7.23. The molecular formula is C25H21N3O6S. The summed E-state index contributed by atoms with van der Waals surface area (Å²) in [5.74, 6) is 1.19. The standard InChI is InChI=1S/C25H21N3O6S/c1-32-19-9-5-17(6-10-19)26-25-27(18-7-11-20(33-2)12-8-18)24(29)23(35-25)15-16-4-13-22(34-3)21(14-16)28(30)31/h4-15H,1-3H3/b23-15+,26-25?. The van der Waals surface area contributed by atoms with Gasteiger partial charge in [-0.05, 0) is 78.0 Å². The quantitative estimate of drug-likeness (QED) is 0.247. The molecule has 35 heavy (non-hydrogen) atoms. The zero-order valence-electron chi connectivity index (χ0n) is 19.1. The van der Waals surface area contributed by atoms with E-state index in [1.807, 2.05) is 0 Å². The fourth-order valence-corrected chi connectivity index (χ4v) is 4.37. The highest BCUT2D eigenvalue weighted by atomic mass is 32.2. The molecule has 10 heteroatoms. The fraction of sp³-hybridized carbons (Fsp3) is 0.120. The molecule has 0 bridgehead atoms. The topological polar surface area (TPSA) is 104 Å². The number of rotatable bonds is 7. The maximum atomic E-state index is 13.5. The van der Waals surface area contributed by atoms with Crippen molar-refractivity contribution < 1.29 is 23.9 Å². The van der Waals surface area contributed by atoms with Crippen LogP contribution in [0.4, 0.5) is 17.1 Å². The average Bonchev–Trinajstić information content (AvgIpc) is 3.18. The van der Waals surface area contributed by atoms with Gasteiger partial charge in [0.15, 0.2) is 10.9 Å². The first-order chi connectivity index (χ1) is 16.9. The van der Waals surface area contributed by atoms with Crippen LogP contribution >= 0.6 is 11.8 Å². The molecule has 1 aliphatic rings. The first-order valence-corrected chi connectivity index (χ1v) is 11.2. The van der Waals surface area contributed by atoms with Crippen LogP contribution in [0.15, 0.2) is 76.6 Å². The van der Waals surface area contributed by atoms with Crippen LogP contribution in [-0.4, -0.2) is 37.3 Å². The summed E-state index contributed by atoms with van der Waals surface area (Å²) in [4.78, 5) is 30.9. The van der Waals surface area contributed by atoms with E-state index >= 15 is 0 Å². The Morgan fingerprint density at radius 2 is 1.54 bits per heavy atom. The Bertz CT molecular complexity index is 1320. The third-order valence-corrected chi connectivity index (χ3v) is 6.10. The lowest BCUT2D eigenvalue weighted by Crippen LogP contribution is -2.28. The summed E-state index contributed by atoms with van der Waals surface area (Å²) in [6.07, 6.45) is 1.60. The number of hydrogen-bond donors (Lipinski definition) is 0. The molecule has 0 aromatic heterocycles. The second-order valence-corrected chi connectivity index (χ2v) is 8.24. The zero-order valence-corrected chi connectivity index (χ0v) is 19.9. The molecule has 0 N–H and O–H groups in total. The van der Waals surface area contributed by atoms with Crippen molar-refractivity contribution in [1.82, 2.24) is 0 Å². The molecule has 0 atom stereocenters. The van der Waals surface area contributed by atoms with E-state index < -0.39 is 4.92 Å². The van der Waals surface area contributed by atoms with Gasteiger partial charge in [0.25, 0.3) is 5.91 Å². The summed E-state index contributed by atoms with van der Waals surface area (Å²) < 4.78 is 15.5. The second kappa shape index (κ2) is 10.3. The van der Waals surface area contributed by atoms with Crippen LogP contribution in [0.25, 0.3) is 6.08 Å². The summed E-state index contributed by atoms with van der Waals surface area (Å²) >= 11 is 1.18. The lowest BCUT2D eigenvalue weighted by Gasteiger charge is -2.16. The van der Waals surface area contributed by atoms with Crippen molar-refractivity contribution in [3.8, 4) is 17.2 Å². The number of thioether (sulfide) groups is 1. The number of nitro groups is 1. The van der Waals surface area contributed by atoms with Crippen molar-refractivity contribution in [2.24, 2.45) is 4.99 Å². The van der Waals surface area contributed by atoms with E-state index in [1.54, 1.807) is 74.9 Å². The number of ether oxygens (including phenoxy) is 3. The summed E-state index contributed by atoms with van der Waals surface area (Å²) in [5, 5.41) is 11.9. The molecule has 0 unspecified atom stereocenters. The Kier molecular flexibility index (Phi) is 7.02. The Balaban J connectivity index is 1.76. The molecule has 1 saturated heterocycles. The summed E-state index contributed by atoms with van der Waals surface area (Å²) in [6, 6.07) is 18.7. The van der Waals surface area contributed by atoms with Crippen LogP contribution in [0.1, 0.15) is 5.56 Å². The van der Waals surface area contributed by atoms with Crippen molar-refractivity contribution >= 4 is 46.0 Å². The third-order valence-electron chi connectivity index (χ3n) is 5.13. The Morgan fingerprint density at radius 1 is 0.914 bits per heavy atom. The van der Waals surface area contributed by atoms with Gasteiger partial charge in [0.1, 0.15) is 11.5 Å². The average molecular weight is 492 g/mol. The fourth-order valence-electron chi connectivity index (χ4n) is 3.37. The minimum atomic E-state index is -0.523. The Labute approximate surface area is 205 Å². The number of anilines is 1. The summed E-state index contributed by atoms with van der Waals surface area (Å²) in [7, 11) is 4.52. The molecule has 3 aromatic rings. The molecule has 1 aliphatic heterocycles. The van der Waals surface area contributed by atoms with E-state index in [-0.39, 0.29) is 17.3 Å². The van der Waals surface area contributed by atoms with Gasteiger partial charge in [-0.2, -0.15) is 0 Å². The predicted octanol–water partition coefficient (Wildman–Crippen LogP) is 5.43. The van der Waals surface area contributed by atoms with Gasteiger partial charge < -0.3 is 14.2 Å². The molecule has 178 valence electrons. The van der Waals surface area contributed by atoms with Crippen LogP contribution in [0.2, 0.25) is 0 Å². The highest BCUT2D eigenvalue weighted by molar-refractivity contribution is 8.19. The van der Waals surface area contributed by atoms with Crippen molar-refractivity contribution in [3.63, 3.8) is 0 Å². The van der Waals surface area contributed by atoms with Gasteiger partial charge in [0.2, 0.25) is 0 Å². The van der Waals surface area contributed by atoms with Gasteiger partial charge in [-0.15, -0.1) is 0 Å². The lowest BCUT2D eigenvalue weighted by molar-refractivity contribution is -0.385. The van der Waals surface area contributed by atoms with Crippen LogP contribution in [0, 0.1) is 10.1 Å². The number of carbonyl (C=O) groups excluding carboxylic acids is 1. The summed E-state index contributed by atoms with van der Waals surface area (Å²) in [5.41, 5.74) is 1.56. The molecule has 4 rings (SSSR count). The predicted molar refractivity (Wildman–Crippen MR) is 136 cm³/mol. The molecule has 9 nitrogen and oxygen atoms in total. The molecular weight excluding hydrogens is 470 g/mol. The normalized spacial score (nSPS) is 15.5. The van der Waals surface area contributed by atoms with E-state index in [1.165, 1.54) is 35.9 Å². The van der Waals surface area contributed by atoms with Crippen molar-refractivity contribution in [1.29, 1.82) is 0 Å². The van der Waals surface area contributed by atoms with Crippen LogP contribution in [0.5, 0.6) is 17.2 Å². The molecule has 0 spiro atoms. The van der Waals surface area contributed by atoms with Gasteiger partial charge in [-0.1, -0.05) is 6.07 Å². The number of hydrogen-bond acceptors (Lipinski definition) is 8. The van der Waals surface area contributed by atoms with E-state index in [0.29, 0.717) is 38.5 Å². The van der Waals surface area contributed by atoms with Gasteiger partial charge in [-0.3, -0.25) is 19.8 Å². The number of carbonyl (C=O) groups is 1. The highest BCUT2D eigenvalue weighted by Gasteiger charge is 2.35. The third kappa shape index (κ3) is 5.12. The molecule has 0 aliphatic carbocycles. The molecule has 1 heterocycles. The smallest absolute Gasteiger partial charge is 0.311 e. The number of methoxy groups -OCH3 is 3. The molecule has 1 fully saturated rings. The van der Waals surface area contributed by atoms with E-state index in [2.05, 4.69) is 4.99 Å². The van der Waals surface area contributed by atoms with Crippen LogP contribution in [0.3, 0.4) is 0 Å². The molecule has 0 saturated carbocycles. The molecule has 1 amide bonds. The van der Waals surface area contributed by atoms with Crippen molar-refractivity contribution in [2.75, 3.05) is 26.2 Å². The minimum Gasteiger partial charge on any atom is -0.497 e. The Morgan fingerprint density at radius 3 is 2.11 bits per heavy atom. The first-order valence-electron chi connectivity index (χ1n) is 10.4. The monoisotopic (exact) mass is 491 g/mol. The number of amides is 1. The Hall–Kier alpha value is -4.31. The van der Waals surface area contributed by atoms with Crippen molar-refractivity contribution in [3.05, 3.63) is 87.3 Å². The summed E-state index contributed by atoms with van der Waals surface area (Å²) in [6.45, 7) is 0. The van der Waals surface area contributed by atoms with Crippen molar-refractivity contribution in [2.45, 2.75) is 0 Å². The number of nitrogens with zero attached hydrogens (tertiary/aromatic N) is 3. The zero-order chi connectivity index (χ0) is 24.9. The maximum absolute atomic E-state index is 13.5. The first kappa shape index (κ1) is 23.8. The van der Waals surface area contributed by atoms with Gasteiger partial charge in [0.05, 0.1) is 42.5 Å². The SMILES string of the molecule is COc1ccc(N=C2S/C(=C/c3ccc(OC)c([N+](=O)[O-])c3)C(=O)N2c2ccc(OC)cc2)cc1. The van der Waals surface area contributed by atoms with Crippen LogP contribution in [-0.2, 0) is 4.79 Å². The van der Waals surface area contributed by atoms with Gasteiger partial charge in [-0.25, -0.2) is 4.99 Å². The number of benzene rings is 3. The number of aliphatic imine (C=N–C) groups is 1. The van der Waals surface area contributed by atoms with Gasteiger partial charge >= 0.3 is 5.69 Å². The number of nitro benzene ring substituents is 1. The highest BCUT2D eigenvalue weighted by Crippen LogP contribution is 2.39. The van der Waals surface area contributed by atoms with Crippen LogP contribution < -0.4 is 19.1 Å². The van der Waals surface area contributed by atoms with E-state index in [9.17, 15) is 14.9 Å². The van der Waals surface area contributed by atoms with Gasteiger partial charge in [0, 0.05) is 6.07 Å². The minimum absolute atomic E-state index is 0.143. The largest absolute Gasteiger partial charge is 0.497 e. The van der Waals surface area contributed by atoms with E-state index in [4.69, 9.17) is 14.2 Å². The lowest BCUT2D eigenvalue weighted by atomic mass is 10.1. The number of amidine groups is 1. The molecule has 3 aromatic carbocycles. The maximum Gasteiger partial charge on any atom is 0.311 e. The van der Waals surface area contributed by atoms with E-state index in [0.717, 1.165) is 0 Å². The molecule has 0 radical (unpaired) electrons.